The molecule has 1 fully saturated rings. The molecular formula is C22H27N7O2S. The van der Waals surface area contributed by atoms with Crippen molar-refractivity contribution in [3.8, 4) is 6.07 Å². The summed E-state index contributed by atoms with van der Waals surface area (Å²) < 4.78 is 11.6. The number of hydrazine groups is 1. The number of nitrogens with one attached hydrogen (secondary N) is 2. The van der Waals surface area contributed by atoms with Gasteiger partial charge in [0.15, 0.2) is 11.6 Å². The van der Waals surface area contributed by atoms with Crippen LogP contribution in [0.3, 0.4) is 0 Å². The fourth-order valence-corrected chi connectivity index (χ4v) is 4.31. The van der Waals surface area contributed by atoms with Crippen LogP contribution in [0.5, 0.6) is 0 Å². The number of rotatable bonds is 6. The van der Waals surface area contributed by atoms with Crippen LogP contribution in [0.15, 0.2) is 47.4 Å². The molecule has 1 saturated heterocycles. The molecule has 168 valence electrons. The third-order valence-corrected chi connectivity index (χ3v) is 6.61. The number of nitriles is 1. The van der Waals surface area contributed by atoms with Crippen molar-refractivity contribution in [2.24, 2.45) is 5.92 Å². The Kier molecular flexibility index (Phi) is 6.58. The molecule has 2 N–H and O–H groups in total. The predicted molar refractivity (Wildman–Crippen MR) is 123 cm³/mol. The van der Waals surface area contributed by atoms with E-state index in [4.69, 9.17) is 4.84 Å². The predicted octanol–water partition coefficient (Wildman–Crippen LogP) is 3.05. The van der Waals surface area contributed by atoms with Crippen LogP contribution in [0.4, 0.5) is 17.3 Å². The number of hydrogen-bond acceptors (Lipinski definition) is 9. The number of piperidine rings is 1. The third-order valence-electron chi connectivity index (χ3n) is 5.68. The Bertz CT molecular complexity index is 1060. The molecule has 1 unspecified atom stereocenters. The summed E-state index contributed by atoms with van der Waals surface area (Å²) >= 11 is 0. The minimum Gasteiger partial charge on any atom is -0.392 e. The van der Waals surface area contributed by atoms with Gasteiger partial charge in [-0.1, -0.05) is 5.59 Å². The van der Waals surface area contributed by atoms with Gasteiger partial charge in [0, 0.05) is 52.7 Å². The second-order valence-electron chi connectivity index (χ2n) is 8.12. The van der Waals surface area contributed by atoms with Crippen LogP contribution in [0.2, 0.25) is 0 Å². The molecule has 0 spiro atoms. The lowest BCUT2D eigenvalue weighted by Gasteiger charge is -2.33. The Morgan fingerprint density at radius 3 is 2.56 bits per heavy atom. The summed E-state index contributed by atoms with van der Waals surface area (Å²) in [6.07, 6.45) is 6.98. The highest BCUT2D eigenvalue weighted by Gasteiger charge is 2.29. The highest BCUT2D eigenvalue weighted by atomic mass is 32.2. The van der Waals surface area contributed by atoms with E-state index in [1.165, 1.54) is 6.33 Å². The lowest BCUT2D eigenvalue weighted by atomic mass is 9.95. The molecule has 3 heterocycles. The zero-order valence-corrected chi connectivity index (χ0v) is 19.2. The Morgan fingerprint density at radius 2 is 1.97 bits per heavy atom. The molecular weight excluding hydrogens is 426 g/mol. The Morgan fingerprint density at radius 1 is 1.25 bits per heavy atom. The smallest absolute Gasteiger partial charge is 0.153 e. The van der Waals surface area contributed by atoms with Gasteiger partial charge in [-0.15, -0.1) is 0 Å². The third kappa shape index (κ3) is 4.69. The van der Waals surface area contributed by atoms with E-state index in [1.54, 1.807) is 18.4 Å². The summed E-state index contributed by atoms with van der Waals surface area (Å²) in [5, 5.41) is 15.0. The topological polar surface area (TPSA) is 106 Å². The van der Waals surface area contributed by atoms with Crippen molar-refractivity contribution in [3.05, 3.63) is 48.1 Å². The van der Waals surface area contributed by atoms with Gasteiger partial charge < -0.3 is 15.1 Å². The van der Waals surface area contributed by atoms with Gasteiger partial charge in [0.05, 0.1) is 6.20 Å². The van der Waals surface area contributed by atoms with Crippen LogP contribution in [0, 0.1) is 17.2 Å². The molecule has 1 atom stereocenters. The van der Waals surface area contributed by atoms with Crippen LogP contribution in [-0.2, 0) is 15.6 Å². The second-order valence-corrected chi connectivity index (χ2v) is 9.50. The molecule has 4 rings (SSSR count). The maximum Gasteiger partial charge on any atom is 0.153 e. The molecule has 0 radical (unpaired) electrons. The number of benzene rings is 1. The van der Waals surface area contributed by atoms with E-state index in [1.807, 2.05) is 23.3 Å². The normalized spacial score (nSPS) is 17.7. The number of nitrogens with zero attached hydrogens (tertiary/aromatic N) is 5. The largest absolute Gasteiger partial charge is 0.392 e. The van der Waals surface area contributed by atoms with Gasteiger partial charge in [-0.05, 0) is 51.0 Å². The molecule has 9 nitrogen and oxygen atoms in total. The van der Waals surface area contributed by atoms with Crippen molar-refractivity contribution in [2.75, 3.05) is 29.6 Å². The number of hydrogen-bond donors (Lipinski definition) is 2. The van der Waals surface area contributed by atoms with Gasteiger partial charge in [-0.2, -0.15) is 5.26 Å². The van der Waals surface area contributed by atoms with Crippen LogP contribution < -0.4 is 15.8 Å². The first-order valence-electron chi connectivity index (χ1n) is 10.6. The van der Waals surface area contributed by atoms with Crippen molar-refractivity contribution < 1.29 is 9.05 Å². The first-order valence-corrected chi connectivity index (χ1v) is 12.1. The van der Waals surface area contributed by atoms with E-state index in [0.29, 0.717) is 29.2 Å². The molecule has 10 heteroatoms. The molecule has 0 bridgehead atoms. The van der Waals surface area contributed by atoms with Gasteiger partial charge in [0.25, 0.3) is 0 Å². The molecule has 0 saturated carbocycles. The van der Waals surface area contributed by atoms with E-state index in [0.717, 1.165) is 42.3 Å². The highest BCUT2D eigenvalue weighted by Crippen LogP contribution is 2.32. The van der Waals surface area contributed by atoms with Gasteiger partial charge in [-0.25, -0.2) is 9.97 Å². The molecule has 2 aliphatic rings. The SMILES string of the molecule is CC(C)N1C=C(C2CCN(c3ncnc(Nc4ccc(S(C)=O)cc4)c3C#N)CC2)ON1. The molecule has 0 aliphatic carbocycles. The summed E-state index contributed by atoms with van der Waals surface area (Å²) in [4.78, 5) is 17.3. The molecule has 2 aromatic rings. The van der Waals surface area contributed by atoms with E-state index in [9.17, 15) is 9.47 Å². The molecule has 1 aromatic carbocycles. The minimum absolute atomic E-state index is 0.318. The molecule has 32 heavy (non-hydrogen) atoms. The van der Waals surface area contributed by atoms with Gasteiger partial charge in [0.2, 0.25) is 0 Å². The zero-order valence-electron chi connectivity index (χ0n) is 18.4. The van der Waals surface area contributed by atoms with Gasteiger partial charge >= 0.3 is 0 Å². The lowest BCUT2D eigenvalue weighted by Crippen LogP contribution is -2.36. The Hall–Kier alpha value is -3.16. The number of aromatic nitrogens is 2. The fraction of sp³-hybridized carbons (Fsp3) is 0.409. The standard InChI is InChI=1S/C22H27N7O2S/c1-15(2)29-13-20(31-27-29)16-8-10-28(11-9-16)22-19(12-23)21(24-14-25-22)26-17-4-6-18(7-5-17)32(3)30/h4-7,13-16,27H,8-11H2,1-3H3,(H,24,25,26). The van der Waals surface area contributed by atoms with Crippen molar-refractivity contribution in [1.29, 1.82) is 5.26 Å². The van der Waals surface area contributed by atoms with Gasteiger partial charge in [0.1, 0.15) is 23.7 Å². The number of allylic oxidation sites excluding steroid dienone is 1. The molecule has 1 aromatic heterocycles. The summed E-state index contributed by atoms with van der Waals surface area (Å²) in [6.45, 7) is 5.74. The minimum atomic E-state index is -1.04. The quantitative estimate of drug-likeness (QED) is 0.682. The monoisotopic (exact) mass is 453 g/mol. The zero-order chi connectivity index (χ0) is 22.7. The maximum atomic E-state index is 11.6. The fourth-order valence-electron chi connectivity index (χ4n) is 3.79. The van der Waals surface area contributed by atoms with E-state index in [-0.39, 0.29) is 0 Å². The maximum absolute atomic E-state index is 11.6. The molecule has 0 amide bonds. The van der Waals surface area contributed by atoms with Crippen molar-refractivity contribution in [1.82, 2.24) is 20.6 Å². The van der Waals surface area contributed by atoms with Crippen LogP contribution >= 0.6 is 0 Å². The lowest BCUT2D eigenvalue weighted by molar-refractivity contribution is -0.00466. The number of anilines is 3. The van der Waals surface area contributed by atoms with Gasteiger partial charge in [-0.3, -0.25) is 9.22 Å². The van der Waals surface area contributed by atoms with Crippen LogP contribution in [0.1, 0.15) is 32.3 Å². The van der Waals surface area contributed by atoms with Crippen molar-refractivity contribution >= 4 is 28.1 Å². The Labute approximate surface area is 190 Å². The van der Waals surface area contributed by atoms with E-state index < -0.39 is 10.8 Å². The second kappa shape index (κ2) is 9.54. The first-order chi connectivity index (χ1) is 15.5. The van der Waals surface area contributed by atoms with Crippen molar-refractivity contribution in [2.45, 2.75) is 37.6 Å². The average molecular weight is 454 g/mol. The Balaban J connectivity index is 1.46. The van der Waals surface area contributed by atoms with Crippen LogP contribution in [-0.4, -0.2) is 44.6 Å². The highest BCUT2D eigenvalue weighted by molar-refractivity contribution is 7.84. The van der Waals surface area contributed by atoms with E-state index in [2.05, 4.69) is 45.7 Å². The summed E-state index contributed by atoms with van der Waals surface area (Å²) in [6, 6.07) is 9.84. The summed E-state index contributed by atoms with van der Waals surface area (Å²) in [7, 11) is -1.04. The first kappa shape index (κ1) is 22.0. The average Bonchev–Trinajstić information content (AvgIpc) is 3.30. The summed E-state index contributed by atoms with van der Waals surface area (Å²) in [5.74, 6) is 2.39. The van der Waals surface area contributed by atoms with Crippen molar-refractivity contribution in [3.63, 3.8) is 0 Å². The molecule has 2 aliphatic heterocycles. The van der Waals surface area contributed by atoms with Crippen LogP contribution in [0.25, 0.3) is 0 Å². The van der Waals surface area contributed by atoms with E-state index >= 15 is 0 Å². The summed E-state index contributed by atoms with van der Waals surface area (Å²) in [5.41, 5.74) is 4.13.